The fourth-order valence-electron chi connectivity index (χ4n) is 2.60. The average molecular weight is 248 g/mol. The van der Waals surface area contributed by atoms with Crippen LogP contribution in [0.25, 0.3) is 0 Å². The van der Waals surface area contributed by atoms with Gasteiger partial charge in [-0.3, -0.25) is 4.90 Å². The van der Waals surface area contributed by atoms with E-state index in [2.05, 4.69) is 48.9 Å². The monoisotopic (exact) mass is 248 g/mol. The zero-order chi connectivity index (χ0) is 13.1. The van der Waals surface area contributed by atoms with Crippen molar-refractivity contribution < 1.29 is 5.11 Å². The van der Waals surface area contributed by atoms with Gasteiger partial charge >= 0.3 is 0 Å². The molecule has 3 heteroatoms. The molecule has 1 aromatic carbocycles. The lowest BCUT2D eigenvalue weighted by Gasteiger charge is -2.24. The van der Waals surface area contributed by atoms with Crippen molar-refractivity contribution in [1.29, 1.82) is 0 Å². The molecule has 0 spiro atoms. The van der Waals surface area contributed by atoms with Crippen LogP contribution < -0.4 is 4.90 Å². The minimum Gasteiger partial charge on any atom is -0.395 e. The van der Waals surface area contributed by atoms with Crippen LogP contribution in [0.15, 0.2) is 18.2 Å². The molecule has 1 N–H and O–H groups in total. The summed E-state index contributed by atoms with van der Waals surface area (Å²) in [5, 5.41) is 8.99. The lowest BCUT2D eigenvalue weighted by atomic mass is 10.1. The molecule has 0 amide bonds. The van der Waals surface area contributed by atoms with E-state index in [9.17, 15) is 0 Å². The van der Waals surface area contributed by atoms with E-state index in [1.807, 2.05) is 0 Å². The standard InChI is InChI=1S/C15H24N2O/c1-12-4-5-14(10-13(12)2)17-7-6-15(11-17)16(3)8-9-18/h4-5,10,15,18H,6-9,11H2,1-3H3. The molecule has 0 bridgehead atoms. The first-order valence-corrected chi connectivity index (χ1v) is 6.75. The van der Waals surface area contributed by atoms with Crippen molar-refractivity contribution >= 4 is 5.69 Å². The van der Waals surface area contributed by atoms with Gasteiger partial charge in [0.05, 0.1) is 6.61 Å². The highest BCUT2D eigenvalue weighted by atomic mass is 16.3. The summed E-state index contributed by atoms with van der Waals surface area (Å²) in [5.41, 5.74) is 4.05. The minimum atomic E-state index is 0.247. The van der Waals surface area contributed by atoms with E-state index in [1.54, 1.807) is 0 Å². The summed E-state index contributed by atoms with van der Waals surface area (Å²) in [7, 11) is 2.10. The zero-order valence-corrected chi connectivity index (χ0v) is 11.7. The van der Waals surface area contributed by atoms with E-state index < -0.39 is 0 Å². The Kier molecular flexibility index (Phi) is 4.25. The molecule has 0 aliphatic carbocycles. The van der Waals surface area contributed by atoms with Crippen LogP contribution in [0, 0.1) is 13.8 Å². The fraction of sp³-hybridized carbons (Fsp3) is 0.600. The Morgan fingerprint density at radius 2 is 2.11 bits per heavy atom. The molecule has 0 aromatic heterocycles. The van der Waals surface area contributed by atoms with Gasteiger partial charge in [-0.2, -0.15) is 0 Å². The van der Waals surface area contributed by atoms with Crippen molar-refractivity contribution in [1.82, 2.24) is 4.90 Å². The number of hydrogen-bond acceptors (Lipinski definition) is 3. The number of rotatable bonds is 4. The van der Waals surface area contributed by atoms with Crippen molar-refractivity contribution in [3.8, 4) is 0 Å². The predicted octanol–water partition coefficient (Wildman–Crippen LogP) is 1.81. The second-order valence-electron chi connectivity index (χ2n) is 5.36. The maximum absolute atomic E-state index is 8.99. The van der Waals surface area contributed by atoms with Crippen molar-refractivity contribution in [2.75, 3.05) is 38.2 Å². The first kappa shape index (κ1) is 13.4. The molecule has 1 aliphatic heterocycles. The van der Waals surface area contributed by atoms with Crippen LogP contribution in [0.5, 0.6) is 0 Å². The summed E-state index contributed by atoms with van der Waals surface area (Å²) in [4.78, 5) is 4.71. The van der Waals surface area contributed by atoms with E-state index in [0.717, 1.165) is 19.6 Å². The number of nitrogens with zero attached hydrogens (tertiary/aromatic N) is 2. The number of benzene rings is 1. The average Bonchev–Trinajstić information content (AvgIpc) is 2.82. The number of aliphatic hydroxyl groups is 1. The summed E-state index contributed by atoms with van der Waals surface area (Å²) in [6.45, 7) is 7.52. The Morgan fingerprint density at radius 3 is 2.78 bits per heavy atom. The van der Waals surface area contributed by atoms with Crippen LogP contribution in [0.1, 0.15) is 17.5 Å². The second kappa shape index (κ2) is 5.72. The molecule has 1 atom stereocenters. The van der Waals surface area contributed by atoms with Crippen LogP contribution in [0.3, 0.4) is 0 Å². The lowest BCUT2D eigenvalue weighted by molar-refractivity contribution is 0.188. The first-order valence-electron chi connectivity index (χ1n) is 6.75. The minimum absolute atomic E-state index is 0.247. The molecule has 1 unspecified atom stereocenters. The van der Waals surface area contributed by atoms with Crippen LogP contribution in [-0.4, -0.2) is 49.3 Å². The highest BCUT2D eigenvalue weighted by Crippen LogP contribution is 2.24. The molecule has 100 valence electrons. The molecular weight excluding hydrogens is 224 g/mol. The third-order valence-corrected chi connectivity index (χ3v) is 4.10. The van der Waals surface area contributed by atoms with Crippen LogP contribution >= 0.6 is 0 Å². The Labute approximate surface area is 110 Å². The maximum Gasteiger partial charge on any atom is 0.0558 e. The summed E-state index contributed by atoms with van der Waals surface area (Å²) in [5.74, 6) is 0. The molecule has 1 heterocycles. The smallest absolute Gasteiger partial charge is 0.0558 e. The molecule has 0 radical (unpaired) electrons. The Balaban J connectivity index is 2.01. The first-order chi connectivity index (χ1) is 8.61. The van der Waals surface area contributed by atoms with Crippen molar-refractivity contribution in [3.63, 3.8) is 0 Å². The highest BCUT2D eigenvalue weighted by molar-refractivity contribution is 5.51. The van der Waals surface area contributed by atoms with Gasteiger partial charge in [0.1, 0.15) is 0 Å². The molecule has 1 saturated heterocycles. The second-order valence-corrected chi connectivity index (χ2v) is 5.36. The number of likely N-dealkylation sites (N-methyl/N-ethyl adjacent to an activating group) is 1. The van der Waals surface area contributed by atoms with Gasteiger partial charge in [-0.15, -0.1) is 0 Å². The van der Waals surface area contributed by atoms with Crippen LogP contribution in [0.4, 0.5) is 5.69 Å². The SMILES string of the molecule is Cc1ccc(N2CCC(N(C)CCO)C2)cc1C. The number of hydrogen-bond donors (Lipinski definition) is 1. The van der Waals surface area contributed by atoms with Gasteiger partial charge < -0.3 is 10.0 Å². The lowest BCUT2D eigenvalue weighted by Crippen LogP contribution is -2.36. The summed E-state index contributed by atoms with van der Waals surface area (Å²) >= 11 is 0. The predicted molar refractivity (Wildman–Crippen MR) is 76.2 cm³/mol. The fourth-order valence-corrected chi connectivity index (χ4v) is 2.60. The van der Waals surface area contributed by atoms with Crippen molar-refractivity contribution in [2.24, 2.45) is 0 Å². The summed E-state index contributed by atoms with van der Waals surface area (Å²) in [6, 6.07) is 7.27. The summed E-state index contributed by atoms with van der Waals surface area (Å²) < 4.78 is 0. The van der Waals surface area contributed by atoms with E-state index >= 15 is 0 Å². The van der Waals surface area contributed by atoms with Gasteiger partial charge in [-0.1, -0.05) is 6.07 Å². The normalized spacial score (nSPS) is 19.8. The van der Waals surface area contributed by atoms with E-state index in [-0.39, 0.29) is 6.61 Å². The summed E-state index contributed by atoms with van der Waals surface area (Å²) in [6.07, 6.45) is 1.18. The van der Waals surface area contributed by atoms with Gasteiger partial charge in [0.15, 0.2) is 0 Å². The Hall–Kier alpha value is -1.06. The zero-order valence-electron chi connectivity index (χ0n) is 11.7. The molecule has 3 nitrogen and oxygen atoms in total. The van der Waals surface area contributed by atoms with Gasteiger partial charge in [0, 0.05) is 31.4 Å². The van der Waals surface area contributed by atoms with Crippen LogP contribution in [0.2, 0.25) is 0 Å². The highest BCUT2D eigenvalue weighted by Gasteiger charge is 2.25. The number of aliphatic hydroxyl groups excluding tert-OH is 1. The van der Waals surface area contributed by atoms with E-state index in [1.165, 1.54) is 23.2 Å². The van der Waals surface area contributed by atoms with Crippen molar-refractivity contribution in [2.45, 2.75) is 26.3 Å². The molecule has 0 saturated carbocycles. The van der Waals surface area contributed by atoms with Crippen LogP contribution in [-0.2, 0) is 0 Å². The van der Waals surface area contributed by atoms with Gasteiger partial charge in [-0.05, 0) is 50.6 Å². The van der Waals surface area contributed by atoms with Gasteiger partial charge in [0.25, 0.3) is 0 Å². The third-order valence-electron chi connectivity index (χ3n) is 4.10. The molecule has 18 heavy (non-hydrogen) atoms. The number of anilines is 1. The largest absolute Gasteiger partial charge is 0.395 e. The Bertz CT molecular complexity index is 405. The molecular formula is C15H24N2O. The quantitative estimate of drug-likeness (QED) is 0.880. The molecule has 1 aliphatic rings. The molecule has 1 fully saturated rings. The van der Waals surface area contributed by atoms with Gasteiger partial charge in [0.2, 0.25) is 0 Å². The third kappa shape index (κ3) is 2.85. The molecule has 1 aromatic rings. The van der Waals surface area contributed by atoms with Crippen molar-refractivity contribution in [3.05, 3.63) is 29.3 Å². The number of aryl methyl sites for hydroxylation is 2. The Morgan fingerprint density at radius 1 is 1.33 bits per heavy atom. The van der Waals surface area contributed by atoms with E-state index in [4.69, 9.17) is 5.11 Å². The van der Waals surface area contributed by atoms with Gasteiger partial charge in [-0.25, -0.2) is 0 Å². The topological polar surface area (TPSA) is 26.7 Å². The molecule has 2 rings (SSSR count). The van der Waals surface area contributed by atoms with E-state index in [0.29, 0.717) is 6.04 Å². The maximum atomic E-state index is 8.99.